The van der Waals surface area contributed by atoms with E-state index < -0.39 is 0 Å². The molecular formula is C7H11NO2S2. The molecule has 68 valence electrons. The first kappa shape index (κ1) is 9.67. The zero-order valence-electron chi connectivity index (χ0n) is 7.07. The summed E-state index contributed by atoms with van der Waals surface area (Å²) in [6.07, 6.45) is 0.992. The monoisotopic (exact) mass is 205 g/mol. The Morgan fingerprint density at radius 3 is 2.25 bits per heavy atom. The van der Waals surface area contributed by atoms with Crippen molar-refractivity contribution in [2.45, 2.75) is 26.8 Å². The largest absolute Gasteiger partial charge is 0.320 e. The number of rotatable bonds is 3. The van der Waals surface area contributed by atoms with E-state index in [2.05, 4.69) is 6.92 Å². The van der Waals surface area contributed by atoms with Crippen molar-refractivity contribution in [2.24, 2.45) is 5.92 Å². The molecule has 1 aromatic rings. The van der Waals surface area contributed by atoms with Crippen LogP contribution in [0.15, 0.2) is 9.59 Å². The van der Waals surface area contributed by atoms with Crippen LogP contribution in [-0.4, -0.2) is 4.57 Å². The fraction of sp³-hybridized carbons (Fsp3) is 0.714. The van der Waals surface area contributed by atoms with Crippen molar-refractivity contribution < 1.29 is 0 Å². The van der Waals surface area contributed by atoms with E-state index >= 15 is 0 Å². The fourth-order valence-electron chi connectivity index (χ4n) is 0.826. The van der Waals surface area contributed by atoms with Gasteiger partial charge in [-0.3, -0.25) is 14.2 Å². The summed E-state index contributed by atoms with van der Waals surface area (Å²) in [7, 11) is 2.04. The number of aromatic nitrogens is 1. The topological polar surface area (TPSA) is 39.1 Å². The highest BCUT2D eigenvalue weighted by Gasteiger charge is 2.07. The molecule has 0 fully saturated rings. The molecule has 0 N–H and O–H groups in total. The van der Waals surface area contributed by atoms with Crippen LogP contribution in [-0.2, 0) is 6.54 Å². The first-order valence-corrected chi connectivity index (χ1v) is 6.00. The Kier molecular flexibility index (Phi) is 3.22. The van der Waals surface area contributed by atoms with Crippen molar-refractivity contribution in [3.63, 3.8) is 0 Å². The van der Waals surface area contributed by atoms with Gasteiger partial charge in [-0.1, -0.05) is 20.3 Å². The maximum Gasteiger partial charge on any atom is 0.320 e. The third-order valence-electron chi connectivity index (χ3n) is 1.82. The van der Waals surface area contributed by atoms with Crippen molar-refractivity contribution in [3.8, 4) is 0 Å². The second-order valence-corrected chi connectivity index (χ2v) is 4.85. The summed E-state index contributed by atoms with van der Waals surface area (Å²) in [6, 6.07) is 0. The minimum absolute atomic E-state index is 0.120. The van der Waals surface area contributed by atoms with Crippen molar-refractivity contribution in [1.29, 1.82) is 0 Å². The predicted molar refractivity (Wildman–Crippen MR) is 52.2 cm³/mol. The first-order chi connectivity index (χ1) is 5.65. The maximum atomic E-state index is 11.1. The molecule has 1 aromatic heterocycles. The van der Waals surface area contributed by atoms with Gasteiger partial charge in [-0.25, -0.2) is 0 Å². The average molecular weight is 205 g/mol. The average Bonchev–Trinajstić information content (AvgIpc) is 2.35. The molecular weight excluding hydrogens is 194 g/mol. The van der Waals surface area contributed by atoms with Crippen LogP contribution in [0, 0.1) is 5.92 Å². The van der Waals surface area contributed by atoms with E-state index in [0.717, 1.165) is 27.1 Å². The molecule has 0 aromatic carbocycles. The van der Waals surface area contributed by atoms with Gasteiger partial charge in [0, 0.05) is 6.54 Å². The fourth-order valence-corrected chi connectivity index (χ4v) is 2.49. The Hall–Kier alpha value is -0.420. The number of nitrogens with zero attached hydrogens (tertiary/aromatic N) is 1. The quantitative estimate of drug-likeness (QED) is 0.699. The highest BCUT2D eigenvalue weighted by molar-refractivity contribution is 7.67. The molecule has 1 rings (SSSR count). The van der Waals surface area contributed by atoms with Gasteiger partial charge in [-0.2, -0.15) is 0 Å². The molecule has 0 amide bonds. The van der Waals surface area contributed by atoms with Gasteiger partial charge in [-0.15, -0.1) is 0 Å². The van der Waals surface area contributed by atoms with E-state index in [1.54, 1.807) is 0 Å². The van der Waals surface area contributed by atoms with Gasteiger partial charge in [-0.05, 0) is 26.6 Å². The minimum Gasteiger partial charge on any atom is -0.256 e. The lowest BCUT2D eigenvalue weighted by molar-refractivity contribution is 0.460. The lowest BCUT2D eigenvalue weighted by Gasteiger charge is -2.05. The van der Waals surface area contributed by atoms with Gasteiger partial charge in [0.1, 0.15) is 0 Å². The third kappa shape index (κ3) is 2.04. The van der Waals surface area contributed by atoms with Crippen molar-refractivity contribution in [2.75, 3.05) is 0 Å². The predicted octanol–water partition coefficient (Wildman–Crippen LogP) is 1.38. The maximum absolute atomic E-state index is 11.1. The van der Waals surface area contributed by atoms with Gasteiger partial charge < -0.3 is 0 Å². The Bertz CT molecular complexity index is 321. The number of hydrogen-bond acceptors (Lipinski definition) is 4. The van der Waals surface area contributed by atoms with Crippen molar-refractivity contribution in [3.05, 3.63) is 19.3 Å². The Morgan fingerprint density at radius 1 is 1.33 bits per heavy atom. The van der Waals surface area contributed by atoms with Gasteiger partial charge in [0.15, 0.2) is 0 Å². The smallest absolute Gasteiger partial charge is 0.256 e. The summed E-state index contributed by atoms with van der Waals surface area (Å²) in [5.41, 5.74) is 0. The lowest BCUT2D eigenvalue weighted by Crippen LogP contribution is -2.26. The minimum atomic E-state index is -0.120. The molecule has 0 saturated carbocycles. The SMILES string of the molecule is CCC(C)Cn1c(=O)ssc1=O. The van der Waals surface area contributed by atoms with Gasteiger partial charge in [0.2, 0.25) is 0 Å². The molecule has 12 heavy (non-hydrogen) atoms. The van der Waals surface area contributed by atoms with Crippen LogP contribution in [0.5, 0.6) is 0 Å². The number of hydrogen-bond donors (Lipinski definition) is 0. The first-order valence-electron chi connectivity index (χ1n) is 3.85. The van der Waals surface area contributed by atoms with E-state index in [0.29, 0.717) is 12.5 Å². The summed E-state index contributed by atoms with van der Waals surface area (Å²) in [4.78, 5) is 21.9. The molecule has 0 aliphatic heterocycles. The molecule has 5 heteroatoms. The van der Waals surface area contributed by atoms with Gasteiger partial charge in [0.05, 0.1) is 0 Å². The molecule has 1 atom stereocenters. The summed E-state index contributed by atoms with van der Waals surface area (Å²) >= 11 is 0. The van der Waals surface area contributed by atoms with E-state index in [4.69, 9.17) is 0 Å². The van der Waals surface area contributed by atoms with Crippen LogP contribution in [0.3, 0.4) is 0 Å². The Labute approximate surface area is 77.7 Å². The summed E-state index contributed by atoms with van der Waals surface area (Å²) in [5, 5.41) is 0. The molecule has 0 radical (unpaired) electrons. The molecule has 0 aliphatic rings. The molecule has 0 spiro atoms. The van der Waals surface area contributed by atoms with Gasteiger partial charge >= 0.3 is 9.75 Å². The van der Waals surface area contributed by atoms with E-state index in [1.165, 1.54) is 4.57 Å². The zero-order chi connectivity index (χ0) is 9.14. The highest BCUT2D eigenvalue weighted by atomic mass is 32.9. The summed E-state index contributed by atoms with van der Waals surface area (Å²) in [6.45, 7) is 4.65. The van der Waals surface area contributed by atoms with Crippen molar-refractivity contribution >= 4 is 20.7 Å². The molecule has 0 bridgehead atoms. The van der Waals surface area contributed by atoms with E-state index in [-0.39, 0.29) is 9.75 Å². The Balaban J connectivity index is 2.88. The van der Waals surface area contributed by atoms with Crippen LogP contribution >= 0.6 is 20.7 Å². The second-order valence-electron chi connectivity index (χ2n) is 2.82. The molecule has 3 nitrogen and oxygen atoms in total. The van der Waals surface area contributed by atoms with Gasteiger partial charge in [0.25, 0.3) is 0 Å². The van der Waals surface area contributed by atoms with Crippen LogP contribution in [0.25, 0.3) is 0 Å². The third-order valence-corrected chi connectivity index (χ3v) is 3.73. The van der Waals surface area contributed by atoms with E-state index in [9.17, 15) is 9.59 Å². The zero-order valence-corrected chi connectivity index (χ0v) is 8.70. The van der Waals surface area contributed by atoms with Crippen LogP contribution in [0.4, 0.5) is 0 Å². The summed E-state index contributed by atoms with van der Waals surface area (Å²) in [5.74, 6) is 0.400. The standard InChI is InChI=1S/C7H11NO2S2/c1-3-5(2)4-8-6(9)11-12-7(8)10/h5H,3-4H2,1-2H3. The lowest BCUT2D eigenvalue weighted by atomic mass is 10.1. The Morgan fingerprint density at radius 2 is 1.83 bits per heavy atom. The van der Waals surface area contributed by atoms with Crippen LogP contribution in [0.2, 0.25) is 0 Å². The van der Waals surface area contributed by atoms with E-state index in [1.807, 2.05) is 6.92 Å². The second kappa shape index (κ2) is 4.00. The molecule has 1 heterocycles. The van der Waals surface area contributed by atoms with Crippen LogP contribution < -0.4 is 9.75 Å². The normalized spacial score (nSPS) is 13.2. The highest BCUT2D eigenvalue weighted by Crippen LogP contribution is 2.02. The van der Waals surface area contributed by atoms with Crippen LogP contribution in [0.1, 0.15) is 20.3 Å². The molecule has 0 aliphatic carbocycles. The van der Waals surface area contributed by atoms with Crippen molar-refractivity contribution in [1.82, 2.24) is 4.57 Å². The molecule has 1 unspecified atom stereocenters. The summed E-state index contributed by atoms with van der Waals surface area (Å²) < 4.78 is 1.32. The molecule has 0 saturated heterocycles.